The lowest BCUT2D eigenvalue weighted by Gasteiger charge is -2.33. The number of hydrogen-bond acceptors (Lipinski definition) is 5. The van der Waals surface area contributed by atoms with E-state index in [0.717, 1.165) is 12.8 Å². The third-order valence-corrected chi connectivity index (χ3v) is 8.04. The van der Waals surface area contributed by atoms with Gasteiger partial charge in [0.2, 0.25) is 17.6 Å². The van der Waals surface area contributed by atoms with Crippen LogP contribution in [0.15, 0.2) is 54.6 Å². The van der Waals surface area contributed by atoms with E-state index >= 15 is 0 Å². The van der Waals surface area contributed by atoms with Gasteiger partial charge in [0.25, 0.3) is 11.8 Å². The van der Waals surface area contributed by atoms with E-state index in [1.165, 1.54) is 35.0 Å². The van der Waals surface area contributed by atoms with Crippen LogP contribution in [-0.4, -0.2) is 75.9 Å². The number of carbonyl (C=O) groups is 5. The number of likely N-dealkylation sites (N-methyl/N-ethyl adjacent to an activating group) is 1. The van der Waals surface area contributed by atoms with E-state index in [-0.39, 0.29) is 48.3 Å². The van der Waals surface area contributed by atoms with Crippen LogP contribution in [0.25, 0.3) is 10.9 Å². The third-order valence-electron chi connectivity index (χ3n) is 8.04. The SMILES string of the molecule is CC(C)CC(C(=O)N1CC(C(=O)Nc2ccccc2)CC1C(=O)C(=O)NC1CC1)N(C)C(=O)c1cc2c(F)cccc2[nH]1. The molecular weight excluding hydrogens is 553 g/mol. The Morgan fingerprint density at radius 2 is 1.77 bits per heavy atom. The molecule has 2 heterocycles. The number of benzene rings is 2. The predicted octanol–water partition coefficient (Wildman–Crippen LogP) is 3.50. The van der Waals surface area contributed by atoms with Crippen LogP contribution in [0.2, 0.25) is 0 Å². The van der Waals surface area contributed by atoms with Crippen LogP contribution >= 0.6 is 0 Å². The van der Waals surface area contributed by atoms with E-state index in [4.69, 9.17) is 0 Å². The zero-order valence-corrected chi connectivity index (χ0v) is 24.4. The van der Waals surface area contributed by atoms with Gasteiger partial charge < -0.3 is 25.4 Å². The third kappa shape index (κ3) is 6.60. The highest BCUT2D eigenvalue weighted by Gasteiger charge is 2.47. The summed E-state index contributed by atoms with van der Waals surface area (Å²) in [6.45, 7) is 3.73. The van der Waals surface area contributed by atoms with Crippen molar-refractivity contribution in [3.8, 4) is 0 Å². The molecule has 43 heavy (non-hydrogen) atoms. The van der Waals surface area contributed by atoms with Crippen molar-refractivity contribution in [3.05, 3.63) is 66.1 Å². The molecule has 2 aliphatic rings. The number of aromatic amines is 1. The summed E-state index contributed by atoms with van der Waals surface area (Å²) in [7, 11) is 1.49. The Balaban J connectivity index is 1.41. The summed E-state index contributed by atoms with van der Waals surface area (Å²) < 4.78 is 14.3. The average Bonchev–Trinajstić information content (AvgIpc) is 3.50. The number of aromatic nitrogens is 1. The van der Waals surface area contributed by atoms with Crippen molar-refractivity contribution in [2.45, 2.75) is 57.7 Å². The number of H-pyrrole nitrogens is 1. The molecule has 3 atom stereocenters. The van der Waals surface area contributed by atoms with Crippen molar-refractivity contribution in [2.24, 2.45) is 11.8 Å². The number of nitrogens with one attached hydrogen (secondary N) is 3. The van der Waals surface area contributed by atoms with Gasteiger partial charge in [0, 0.05) is 36.2 Å². The van der Waals surface area contributed by atoms with E-state index < -0.39 is 47.3 Å². The predicted molar refractivity (Wildman–Crippen MR) is 158 cm³/mol. The van der Waals surface area contributed by atoms with E-state index in [1.807, 2.05) is 19.9 Å². The number of Topliss-reactive ketones (excluding diaryl/α,β-unsaturated/α-hetero) is 1. The summed E-state index contributed by atoms with van der Waals surface area (Å²) in [6.07, 6.45) is 1.82. The Kier molecular flexibility index (Phi) is 8.61. The lowest BCUT2D eigenvalue weighted by molar-refractivity contribution is -0.146. The van der Waals surface area contributed by atoms with Gasteiger partial charge in [-0.3, -0.25) is 24.0 Å². The molecule has 0 radical (unpaired) electrons. The molecule has 1 saturated carbocycles. The fraction of sp³-hybridized carbons (Fsp3) is 0.406. The molecular formula is C32H36FN5O5. The van der Waals surface area contributed by atoms with Gasteiger partial charge in [0.1, 0.15) is 23.6 Å². The number of hydrogen-bond donors (Lipinski definition) is 3. The van der Waals surface area contributed by atoms with Crippen molar-refractivity contribution >= 4 is 46.0 Å². The second kappa shape index (κ2) is 12.4. The molecule has 1 aliphatic heterocycles. The molecule has 1 saturated heterocycles. The minimum absolute atomic E-state index is 0.0172. The Bertz CT molecular complexity index is 1550. The van der Waals surface area contributed by atoms with Crippen LogP contribution < -0.4 is 10.6 Å². The number of fused-ring (bicyclic) bond motifs is 1. The lowest BCUT2D eigenvalue weighted by atomic mass is 9.99. The standard InChI is InChI=1S/C32H36FN5O5/c1-18(2)14-27(37(3)31(42)25-16-22-23(33)10-7-11-24(22)36-25)32(43)38-17-19(29(40)34-20-8-5-4-6-9-20)15-26(38)28(39)30(41)35-21-12-13-21/h4-11,16,18-19,21,26-27,36H,12-15,17H2,1-3H3,(H,34,40)(H,35,41). The second-order valence-corrected chi connectivity index (χ2v) is 11.9. The number of halogens is 1. The fourth-order valence-electron chi connectivity index (χ4n) is 5.55. The minimum atomic E-state index is -1.15. The molecule has 0 bridgehead atoms. The van der Waals surface area contributed by atoms with Crippen LogP contribution in [0.5, 0.6) is 0 Å². The highest BCUT2D eigenvalue weighted by Crippen LogP contribution is 2.29. The molecule has 11 heteroatoms. The normalized spacial score (nSPS) is 18.9. The zero-order valence-electron chi connectivity index (χ0n) is 24.4. The summed E-state index contributed by atoms with van der Waals surface area (Å²) in [6, 6.07) is 12.5. The Labute approximate surface area is 249 Å². The molecule has 3 aromatic rings. The molecule has 0 spiro atoms. The maximum Gasteiger partial charge on any atom is 0.289 e. The van der Waals surface area contributed by atoms with E-state index in [2.05, 4.69) is 15.6 Å². The molecule has 4 amide bonds. The summed E-state index contributed by atoms with van der Waals surface area (Å²) in [5, 5.41) is 5.77. The van der Waals surface area contributed by atoms with Crippen molar-refractivity contribution in [2.75, 3.05) is 18.9 Å². The topological polar surface area (TPSA) is 132 Å². The first-order valence-corrected chi connectivity index (χ1v) is 14.6. The second-order valence-electron chi connectivity index (χ2n) is 11.9. The molecule has 226 valence electrons. The number of ketones is 1. The van der Waals surface area contributed by atoms with Gasteiger partial charge >= 0.3 is 0 Å². The number of anilines is 1. The monoisotopic (exact) mass is 589 g/mol. The molecule has 10 nitrogen and oxygen atoms in total. The van der Waals surface area contributed by atoms with Gasteiger partial charge in [-0.25, -0.2) is 4.39 Å². The van der Waals surface area contributed by atoms with Crippen molar-refractivity contribution < 1.29 is 28.4 Å². The summed E-state index contributed by atoms with van der Waals surface area (Å²) in [5.41, 5.74) is 1.13. The maximum atomic E-state index is 14.3. The smallest absolute Gasteiger partial charge is 0.289 e. The Morgan fingerprint density at radius 1 is 1.05 bits per heavy atom. The average molecular weight is 590 g/mol. The highest BCUT2D eigenvalue weighted by atomic mass is 19.1. The highest BCUT2D eigenvalue weighted by molar-refractivity contribution is 6.38. The fourth-order valence-corrected chi connectivity index (χ4v) is 5.55. The number of likely N-dealkylation sites (tertiary alicyclic amines) is 1. The summed E-state index contributed by atoms with van der Waals surface area (Å²) in [5.74, 6) is -4.22. The van der Waals surface area contributed by atoms with E-state index in [9.17, 15) is 28.4 Å². The van der Waals surface area contributed by atoms with Crippen LogP contribution in [-0.2, 0) is 19.2 Å². The van der Waals surface area contributed by atoms with Gasteiger partial charge in [-0.15, -0.1) is 0 Å². The molecule has 1 aromatic heterocycles. The van der Waals surface area contributed by atoms with Gasteiger partial charge in [-0.1, -0.05) is 38.1 Å². The molecule has 1 aliphatic carbocycles. The van der Waals surface area contributed by atoms with Crippen molar-refractivity contribution in [1.82, 2.24) is 20.1 Å². The van der Waals surface area contributed by atoms with Gasteiger partial charge in [-0.2, -0.15) is 0 Å². The van der Waals surface area contributed by atoms with Crippen molar-refractivity contribution in [3.63, 3.8) is 0 Å². The maximum absolute atomic E-state index is 14.3. The quantitative estimate of drug-likeness (QED) is 0.312. The number of rotatable bonds is 10. The molecule has 2 aromatic carbocycles. The Hall–Kier alpha value is -4.54. The van der Waals surface area contributed by atoms with Crippen LogP contribution in [0.3, 0.4) is 0 Å². The van der Waals surface area contributed by atoms with E-state index in [1.54, 1.807) is 30.3 Å². The van der Waals surface area contributed by atoms with Crippen LogP contribution in [0.1, 0.15) is 50.0 Å². The lowest BCUT2D eigenvalue weighted by Crippen LogP contribution is -2.54. The number of para-hydroxylation sites is 1. The first-order chi connectivity index (χ1) is 20.5. The first-order valence-electron chi connectivity index (χ1n) is 14.6. The number of nitrogens with zero attached hydrogens (tertiary/aromatic N) is 2. The number of amides is 4. The van der Waals surface area contributed by atoms with Crippen LogP contribution in [0, 0.1) is 17.7 Å². The molecule has 2 fully saturated rings. The largest absolute Gasteiger partial charge is 0.350 e. The van der Waals surface area contributed by atoms with Gasteiger partial charge in [0.05, 0.1) is 5.92 Å². The Morgan fingerprint density at radius 3 is 2.42 bits per heavy atom. The molecule has 5 rings (SSSR count). The molecule has 3 unspecified atom stereocenters. The number of carbonyl (C=O) groups excluding carboxylic acids is 5. The van der Waals surface area contributed by atoms with E-state index in [0.29, 0.717) is 11.2 Å². The molecule has 3 N–H and O–H groups in total. The van der Waals surface area contributed by atoms with Crippen LogP contribution in [0.4, 0.5) is 10.1 Å². The van der Waals surface area contributed by atoms with Gasteiger partial charge in [-0.05, 0) is 61.9 Å². The van der Waals surface area contributed by atoms with Crippen molar-refractivity contribution in [1.29, 1.82) is 0 Å². The first kappa shape index (κ1) is 29.9. The zero-order chi connectivity index (χ0) is 30.8. The van der Waals surface area contributed by atoms with Gasteiger partial charge in [0.15, 0.2) is 0 Å². The summed E-state index contributed by atoms with van der Waals surface area (Å²) in [4.78, 5) is 72.8. The minimum Gasteiger partial charge on any atom is -0.350 e. The summed E-state index contributed by atoms with van der Waals surface area (Å²) >= 11 is 0.